The van der Waals surface area contributed by atoms with Crippen LogP contribution in [-0.2, 0) is 13.0 Å². The van der Waals surface area contributed by atoms with Gasteiger partial charge in [0.1, 0.15) is 5.82 Å². The molecule has 3 heteroatoms. The van der Waals surface area contributed by atoms with Crippen molar-refractivity contribution in [2.75, 3.05) is 11.4 Å². The van der Waals surface area contributed by atoms with Crippen LogP contribution < -0.4 is 10.6 Å². The molecule has 2 aromatic rings. The summed E-state index contributed by atoms with van der Waals surface area (Å²) in [4.78, 5) is 7.14. The van der Waals surface area contributed by atoms with Crippen LogP contribution in [0.4, 0.5) is 5.82 Å². The van der Waals surface area contributed by atoms with E-state index in [9.17, 15) is 0 Å². The van der Waals surface area contributed by atoms with E-state index in [1.165, 1.54) is 16.7 Å². The number of fused-ring (bicyclic) bond motifs is 1. The van der Waals surface area contributed by atoms with Crippen molar-refractivity contribution in [3.8, 4) is 0 Å². The first-order chi connectivity index (χ1) is 10.2. The lowest BCUT2D eigenvalue weighted by atomic mass is 9.99. The Kier molecular flexibility index (Phi) is 3.93. The summed E-state index contributed by atoms with van der Waals surface area (Å²) in [6.45, 7) is 6.15. The third kappa shape index (κ3) is 2.79. The molecule has 2 heterocycles. The highest BCUT2D eigenvalue weighted by Crippen LogP contribution is 2.25. The first-order valence-corrected chi connectivity index (χ1v) is 7.74. The minimum Gasteiger partial charge on any atom is -0.352 e. The lowest BCUT2D eigenvalue weighted by Crippen LogP contribution is -2.31. The van der Waals surface area contributed by atoms with Crippen molar-refractivity contribution >= 4 is 5.82 Å². The lowest BCUT2D eigenvalue weighted by molar-refractivity contribution is 0.682. The van der Waals surface area contributed by atoms with E-state index in [0.717, 1.165) is 37.4 Å². The van der Waals surface area contributed by atoms with Gasteiger partial charge in [-0.25, -0.2) is 4.98 Å². The summed E-state index contributed by atoms with van der Waals surface area (Å²) < 4.78 is 0. The highest BCUT2D eigenvalue weighted by Gasteiger charge is 2.18. The SMILES string of the molecule is CC[C@@H](N)c1ccc(N2CCc3ccccc3C2)nc1C. The number of aromatic nitrogens is 1. The van der Waals surface area contributed by atoms with Crippen molar-refractivity contribution in [3.05, 3.63) is 58.8 Å². The Hall–Kier alpha value is -1.87. The van der Waals surface area contributed by atoms with Gasteiger partial charge in [0.25, 0.3) is 0 Å². The van der Waals surface area contributed by atoms with E-state index in [2.05, 4.69) is 55.1 Å². The van der Waals surface area contributed by atoms with Crippen LogP contribution >= 0.6 is 0 Å². The van der Waals surface area contributed by atoms with Crippen LogP contribution in [0.15, 0.2) is 36.4 Å². The monoisotopic (exact) mass is 281 g/mol. The molecule has 1 aromatic carbocycles. The Morgan fingerprint density at radius 3 is 2.67 bits per heavy atom. The Morgan fingerprint density at radius 2 is 1.95 bits per heavy atom. The molecule has 0 unspecified atom stereocenters. The zero-order valence-electron chi connectivity index (χ0n) is 12.8. The predicted octanol–water partition coefficient (Wildman–Crippen LogP) is 3.36. The second-order valence-electron chi connectivity index (χ2n) is 5.80. The maximum atomic E-state index is 6.13. The van der Waals surface area contributed by atoms with Crippen LogP contribution in [0.2, 0.25) is 0 Å². The molecule has 0 amide bonds. The van der Waals surface area contributed by atoms with E-state index >= 15 is 0 Å². The second-order valence-corrected chi connectivity index (χ2v) is 5.80. The average Bonchev–Trinajstić information content (AvgIpc) is 2.53. The number of benzene rings is 1. The second kappa shape index (κ2) is 5.86. The van der Waals surface area contributed by atoms with Gasteiger partial charge in [-0.2, -0.15) is 0 Å². The highest BCUT2D eigenvalue weighted by molar-refractivity contribution is 5.46. The maximum Gasteiger partial charge on any atom is 0.129 e. The number of anilines is 1. The molecule has 0 aliphatic carbocycles. The van der Waals surface area contributed by atoms with Gasteiger partial charge in [-0.1, -0.05) is 37.3 Å². The summed E-state index contributed by atoms with van der Waals surface area (Å²) in [5.41, 5.74) is 11.2. The van der Waals surface area contributed by atoms with Gasteiger partial charge >= 0.3 is 0 Å². The van der Waals surface area contributed by atoms with E-state index in [1.807, 2.05) is 0 Å². The summed E-state index contributed by atoms with van der Waals surface area (Å²) in [5, 5.41) is 0. The summed E-state index contributed by atoms with van der Waals surface area (Å²) >= 11 is 0. The molecule has 3 rings (SSSR count). The van der Waals surface area contributed by atoms with Gasteiger partial charge in [0, 0.05) is 24.8 Å². The van der Waals surface area contributed by atoms with E-state index < -0.39 is 0 Å². The molecule has 0 bridgehead atoms. The Bertz CT molecular complexity index is 636. The van der Waals surface area contributed by atoms with Crippen molar-refractivity contribution in [2.24, 2.45) is 5.73 Å². The topological polar surface area (TPSA) is 42.1 Å². The molecule has 110 valence electrons. The van der Waals surface area contributed by atoms with Gasteiger partial charge in [-0.3, -0.25) is 0 Å². The van der Waals surface area contributed by atoms with Crippen LogP contribution in [0.3, 0.4) is 0 Å². The molecule has 1 aliphatic heterocycles. The largest absolute Gasteiger partial charge is 0.352 e. The fourth-order valence-electron chi connectivity index (χ4n) is 3.04. The summed E-state index contributed by atoms with van der Waals surface area (Å²) in [5.74, 6) is 1.06. The average molecular weight is 281 g/mol. The van der Waals surface area contributed by atoms with Gasteiger partial charge in [0.15, 0.2) is 0 Å². The molecule has 0 radical (unpaired) electrons. The quantitative estimate of drug-likeness (QED) is 0.938. The molecule has 0 saturated carbocycles. The van der Waals surface area contributed by atoms with E-state index in [4.69, 9.17) is 10.7 Å². The summed E-state index contributed by atoms with van der Waals surface area (Å²) in [6, 6.07) is 13.0. The van der Waals surface area contributed by atoms with E-state index in [1.54, 1.807) is 0 Å². The number of nitrogens with two attached hydrogens (primary N) is 1. The molecule has 1 aliphatic rings. The molecule has 0 saturated heterocycles. The van der Waals surface area contributed by atoms with Gasteiger partial charge < -0.3 is 10.6 Å². The Morgan fingerprint density at radius 1 is 1.19 bits per heavy atom. The molecular weight excluding hydrogens is 258 g/mol. The fraction of sp³-hybridized carbons (Fsp3) is 0.389. The zero-order valence-corrected chi connectivity index (χ0v) is 12.8. The van der Waals surface area contributed by atoms with Gasteiger partial charge in [-0.05, 0) is 42.5 Å². The number of rotatable bonds is 3. The van der Waals surface area contributed by atoms with Crippen LogP contribution in [-0.4, -0.2) is 11.5 Å². The van der Waals surface area contributed by atoms with Crippen LogP contribution in [0.5, 0.6) is 0 Å². The normalized spacial score (nSPS) is 15.7. The molecular formula is C18H23N3. The van der Waals surface area contributed by atoms with Gasteiger partial charge in [0.2, 0.25) is 0 Å². The van der Waals surface area contributed by atoms with Crippen molar-refractivity contribution in [2.45, 2.75) is 39.3 Å². The number of nitrogens with zero attached hydrogens (tertiary/aromatic N) is 2. The van der Waals surface area contributed by atoms with Crippen molar-refractivity contribution in [1.29, 1.82) is 0 Å². The zero-order chi connectivity index (χ0) is 14.8. The van der Waals surface area contributed by atoms with Gasteiger partial charge in [-0.15, -0.1) is 0 Å². The first-order valence-electron chi connectivity index (χ1n) is 7.74. The molecule has 21 heavy (non-hydrogen) atoms. The minimum absolute atomic E-state index is 0.0913. The molecule has 0 spiro atoms. The smallest absolute Gasteiger partial charge is 0.129 e. The molecule has 1 aromatic heterocycles. The van der Waals surface area contributed by atoms with Crippen LogP contribution in [0, 0.1) is 6.92 Å². The first kappa shape index (κ1) is 14.1. The number of hydrogen-bond acceptors (Lipinski definition) is 3. The van der Waals surface area contributed by atoms with E-state index in [-0.39, 0.29) is 6.04 Å². The predicted molar refractivity (Wildman–Crippen MR) is 87.4 cm³/mol. The maximum absolute atomic E-state index is 6.13. The Labute approximate surface area is 126 Å². The lowest BCUT2D eigenvalue weighted by Gasteiger charge is -2.30. The minimum atomic E-state index is 0.0913. The van der Waals surface area contributed by atoms with Gasteiger partial charge in [0.05, 0.1) is 0 Å². The molecule has 0 fully saturated rings. The van der Waals surface area contributed by atoms with E-state index in [0.29, 0.717) is 0 Å². The van der Waals surface area contributed by atoms with Crippen LogP contribution in [0.25, 0.3) is 0 Å². The summed E-state index contributed by atoms with van der Waals surface area (Å²) in [6.07, 6.45) is 2.03. The Balaban J connectivity index is 1.84. The van der Waals surface area contributed by atoms with Crippen molar-refractivity contribution in [3.63, 3.8) is 0 Å². The molecule has 2 N–H and O–H groups in total. The molecule has 1 atom stereocenters. The van der Waals surface area contributed by atoms with Crippen molar-refractivity contribution < 1.29 is 0 Å². The third-order valence-corrected chi connectivity index (χ3v) is 4.41. The standard InChI is InChI=1S/C18H23N3/c1-3-17(19)16-8-9-18(20-13(16)2)21-11-10-14-6-4-5-7-15(14)12-21/h4-9,17H,3,10-12,19H2,1-2H3/t17-/m1/s1. The third-order valence-electron chi connectivity index (χ3n) is 4.41. The highest BCUT2D eigenvalue weighted by atomic mass is 15.2. The van der Waals surface area contributed by atoms with Crippen LogP contribution in [0.1, 0.15) is 41.8 Å². The fourth-order valence-corrected chi connectivity index (χ4v) is 3.04. The molecule has 3 nitrogen and oxygen atoms in total. The number of pyridine rings is 1. The van der Waals surface area contributed by atoms with Crippen molar-refractivity contribution in [1.82, 2.24) is 4.98 Å². The number of aryl methyl sites for hydroxylation is 1. The number of hydrogen-bond donors (Lipinski definition) is 1. The summed E-state index contributed by atoms with van der Waals surface area (Å²) in [7, 11) is 0.